The molecule has 4 aromatic carbocycles. The fraction of sp³-hybridized carbons (Fsp3) is 0.128. The largest absolute Gasteiger partial charge is 0.500 e. The summed E-state index contributed by atoms with van der Waals surface area (Å²) in [5, 5.41) is 2.20. The Kier molecular flexibility index (Phi) is 9.65. The van der Waals surface area contributed by atoms with Crippen LogP contribution < -0.4 is 4.40 Å². The molecule has 0 spiro atoms. The molecule has 3 nitrogen and oxygen atoms in total. The summed E-state index contributed by atoms with van der Waals surface area (Å²) >= 11 is -1.78. The summed E-state index contributed by atoms with van der Waals surface area (Å²) in [6.07, 6.45) is 3.88. The van der Waals surface area contributed by atoms with E-state index in [1.807, 2.05) is 48.5 Å². The fourth-order valence-electron chi connectivity index (χ4n) is 5.35. The van der Waals surface area contributed by atoms with E-state index in [1.54, 1.807) is 6.20 Å². The van der Waals surface area contributed by atoms with Gasteiger partial charge in [0.25, 0.3) is 0 Å². The van der Waals surface area contributed by atoms with Crippen molar-refractivity contribution in [2.45, 2.75) is 31.1 Å². The maximum Gasteiger partial charge on any atom is 0.121 e. The second kappa shape index (κ2) is 13.4. The molecule has 7 aromatic rings. The molecular weight excluding hydrogens is 777 g/mol. The molecule has 0 unspecified atom stereocenters. The van der Waals surface area contributed by atoms with Crippen LogP contribution in [0.2, 0.25) is 17.3 Å². The summed E-state index contributed by atoms with van der Waals surface area (Å²) in [4.78, 5) is 9.03. The number of hydrogen-bond acceptors (Lipinski definition) is 3. The summed E-state index contributed by atoms with van der Waals surface area (Å²) in [7, 11) is 0. The Balaban J connectivity index is 0.000000181. The van der Waals surface area contributed by atoms with Crippen molar-refractivity contribution in [3.8, 4) is 33.6 Å². The van der Waals surface area contributed by atoms with Gasteiger partial charge >= 0.3 is 113 Å². The van der Waals surface area contributed by atoms with Crippen LogP contribution in [-0.4, -0.2) is 23.2 Å². The number of hydrogen-bond donors (Lipinski definition) is 0. The Hall–Kier alpha value is -3.83. The molecule has 3 aromatic heterocycles. The van der Waals surface area contributed by atoms with Crippen molar-refractivity contribution in [3.05, 3.63) is 139 Å². The zero-order valence-corrected chi connectivity index (χ0v) is 30.1. The van der Waals surface area contributed by atoms with Crippen LogP contribution in [-0.2, 0) is 20.1 Å². The first-order chi connectivity index (χ1) is 20.8. The van der Waals surface area contributed by atoms with Gasteiger partial charge in [-0.3, -0.25) is 0 Å². The Bertz CT molecular complexity index is 2010. The number of benzene rings is 4. The predicted molar refractivity (Wildman–Crippen MR) is 182 cm³/mol. The maximum atomic E-state index is 6.05. The normalized spacial score (nSPS) is 11.1. The third-order valence-electron chi connectivity index (χ3n) is 7.62. The minimum atomic E-state index is -1.78. The summed E-state index contributed by atoms with van der Waals surface area (Å²) < 4.78 is 7.55. The van der Waals surface area contributed by atoms with Crippen LogP contribution in [0.3, 0.4) is 0 Å². The first kappa shape index (κ1) is 31.6. The van der Waals surface area contributed by atoms with E-state index < -0.39 is 13.3 Å². The monoisotopic (exact) mass is 813 g/mol. The third kappa shape index (κ3) is 6.94. The number of pyridine rings is 2. The Labute approximate surface area is 276 Å². The average molecular weight is 812 g/mol. The predicted octanol–water partition coefficient (Wildman–Crippen LogP) is 9.82. The van der Waals surface area contributed by atoms with E-state index in [4.69, 9.17) is 4.42 Å². The van der Waals surface area contributed by atoms with Gasteiger partial charge in [-0.15, -0.1) is 23.8 Å². The molecule has 0 amide bonds. The second-order valence-corrected chi connectivity index (χ2v) is 22.5. The molecule has 44 heavy (non-hydrogen) atoms. The van der Waals surface area contributed by atoms with E-state index in [2.05, 4.69) is 114 Å². The molecule has 0 aliphatic rings. The molecule has 7 rings (SSSR count). The maximum absolute atomic E-state index is 6.05. The van der Waals surface area contributed by atoms with Crippen LogP contribution in [0.25, 0.3) is 55.6 Å². The van der Waals surface area contributed by atoms with Gasteiger partial charge in [0.15, 0.2) is 0 Å². The van der Waals surface area contributed by atoms with Crippen LogP contribution in [0.4, 0.5) is 0 Å². The van der Waals surface area contributed by atoms with Gasteiger partial charge in [0.05, 0.1) is 5.58 Å². The van der Waals surface area contributed by atoms with E-state index in [-0.39, 0.29) is 20.1 Å². The van der Waals surface area contributed by atoms with Gasteiger partial charge in [0, 0.05) is 31.7 Å². The van der Waals surface area contributed by atoms with Crippen molar-refractivity contribution in [3.63, 3.8) is 0 Å². The van der Waals surface area contributed by atoms with Gasteiger partial charge in [-0.1, -0.05) is 60.0 Å². The molecule has 0 saturated heterocycles. The standard InChI is InChI=1S/C23H14NO.C16H20GeN.Ir/c1-2-6-16(7-3-1)17-9-11-19-20-14-18(21-8-4-5-13-24-21)10-12-22(20)25-23(19)15-17;1-12-6-8-14(9-7-12)16-10-13(2)15(11-18-16)17(3,4)5;/h1-9,11-15H;6-8,10-11H,1-5H3;/q2*-1;. The van der Waals surface area contributed by atoms with E-state index in [1.165, 1.54) is 21.1 Å². The van der Waals surface area contributed by atoms with Gasteiger partial charge < -0.3 is 9.40 Å². The molecule has 0 fully saturated rings. The molecule has 0 saturated carbocycles. The van der Waals surface area contributed by atoms with Crippen LogP contribution in [0.5, 0.6) is 0 Å². The molecule has 5 heteroatoms. The molecule has 0 bridgehead atoms. The second-order valence-electron chi connectivity index (χ2n) is 11.9. The van der Waals surface area contributed by atoms with E-state index >= 15 is 0 Å². The van der Waals surface area contributed by atoms with E-state index in [0.29, 0.717) is 0 Å². The zero-order valence-electron chi connectivity index (χ0n) is 25.6. The topological polar surface area (TPSA) is 38.9 Å². The number of aromatic nitrogens is 2. The van der Waals surface area contributed by atoms with E-state index in [0.717, 1.165) is 50.0 Å². The quantitative estimate of drug-likeness (QED) is 0.131. The number of fused-ring (bicyclic) bond motifs is 3. The first-order valence-corrected chi connectivity index (χ1v) is 21.9. The van der Waals surface area contributed by atoms with Crippen LogP contribution in [0, 0.1) is 26.0 Å². The van der Waals surface area contributed by atoms with Gasteiger partial charge in [0.2, 0.25) is 0 Å². The van der Waals surface area contributed by atoms with Crippen LogP contribution in [0.1, 0.15) is 11.1 Å². The summed E-state index contributed by atoms with van der Waals surface area (Å²) in [6, 6.07) is 41.6. The molecule has 3 heterocycles. The molecule has 0 aliphatic heterocycles. The minimum absolute atomic E-state index is 0. The summed E-state index contributed by atoms with van der Waals surface area (Å²) in [6.45, 7) is 4.28. The van der Waals surface area contributed by atoms with Crippen molar-refractivity contribution in [1.29, 1.82) is 0 Å². The van der Waals surface area contributed by atoms with Gasteiger partial charge in [-0.2, -0.15) is 0 Å². The van der Waals surface area contributed by atoms with Crippen molar-refractivity contribution >= 4 is 39.6 Å². The Morgan fingerprint density at radius 3 is 2.09 bits per heavy atom. The number of aryl methyl sites for hydroxylation is 2. The van der Waals surface area contributed by atoms with Crippen molar-refractivity contribution in [2.24, 2.45) is 0 Å². The number of rotatable bonds is 4. The van der Waals surface area contributed by atoms with Crippen LogP contribution in [0.15, 0.2) is 120 Å². The SMILES string of the molecule is Cc1c[c-]c(-c2cc(C)[c]([Ge]([CH3])([CH3])[CH3])cn2)cc1.[Ir].[c-]1cc2oc3cc(-c4ccccc4)ccc3c2cc1-c1ccccn1. The smallest absolute Gasteiger partial charge is 0.121 e. The molecule has 0 N–H and O–H groups in total. The first-order valence-electron chi connectivity index (χ1n) is 14.6. The Morgan fingerprint density at radius 1 is 0.636 bits per heavy atom. The van der Waals surface area contributed by atoms with E-state index in [9.17, 15) is 0 Å². The molecule has 0 aliphatic carbocycles. The number of furan rings is 1. The van der Waals surface area contributed by atoms with Gasteiger partial charge in [-0.05, 0) is 29.0 Å². The Morgan fingerprint density at radius 2 is 1.41 bits per heavy atom. The number of nitrogens with zero attached hydrogens (tertiary/aromatic N) is 2. The fourth-order valence-corrected chi connectivity index (χ4v) is 8.93. The van der Waals surface area contributed by atoms with Crippen molar-refractivity contribution in [2.75, 3.05) is 0 Å². The minimum Gasteiger partial charge on any atom is -0.500 e. The third-order valence-corrected chi connectivity index (χ3v) is 12.1. The summed E-state index contributed by atoms with van der Waals surface area (Å²) in [5.41, 5.74) is 10.7. The molecule has 1 radical (unpaired) electrons. The van der Waals surface area contributed by atoms with Gasteiger partial charge in [-0.25, -0.2) is 0 Å². The molecule has 221 valence electrons. The van der Waals surface area contributed by atoms with Crippen molar-refractivity contribution < 1.29 is 24.5 Å². The van der Waals surface area contributed by atoms with Gasteiger partial charge in [0.1, 0.15) is 5.58 Å². The zero-order chi connectivity index (χ0) is 30.0. The molecule has 0 atom stereocenters. The summed E-state index contributed by atoms with van der Waals surface area (Å²) in [5.74, 6) is 7.21. The average Bonchev–Trinajstić information content (AvgIpc) is 3.39. The van der Waals surface area contributed by atoms with Crippen LogP contribution >= 0.6 is 0 Å². The van der Waals surface area contributed by atoms with Crippen molar-refractivity contribution in [1.82, 2.24) is 9.97 Å². The molecular formula is C39H34GeIrN2O-2.